The van der Waals surface area contributed by atoms with Crippen LogP contribution in [0.1, 0.15) is 36.4 Å². The highest BCUT2D eigenvalue weighted by Crippen LogP contribution is 2.36. The van der Waals surface area contributed by atoms with Crippen LogP contribution in [-0.2, 0) is 22.7 Å². The van der Waals surface area contributed by atoms with Crippen LogP contribution in [0.3, 0.4) is 0 Å². The summed E-state index contributed by atoms with van der Waals surface area (Å²) in [5.41, 5.74) is 10.5. The first kappa shape index (κ1) is 28.0. The number of aliphatic hydroxyl groups is 1. The maximum atomic E-state index is 12.6. The number of anilines is 1. The number of aromatic nitrogens is 3. The molecule has 0 spiro atoms. The van der Waals surface area contributed by atoms with Crippen molar-refractivity contribution in [3.8, 4) is 17.1 Å². The summed E-state index contributed by atoms with van der Waals surface area (Å²) in [6.07, 6.45) is 1.52. The highest BCUT2D eigenvalue weighted by molar-refractivity contribution is 6.33. The highest BCUT2D eigenvalue weighted by atomic mass is 35.5. The van der Waals surface area contributed by atoms with Crippen LogP contribution in [0.15, 0.2) is 42.2 Å². The van der Waals surface area contributed by atoms with Crippen molar-refractivity contribution < 1.29 is 19.4 Å². The number of carbonyl (C=O) groups excluding carboxylic acids is 2. The SMILES string of the molecule is CC(=O)C(=C(C)N)c1nc(-c2cc(OC[C@H](O)CN(C)C=O)ccc2Cl)nc(N2Cc3cccnc3C2)c1C. The largest absolute Gasteiger partial charge is 0.491 e. The number of halogens is 1. The van der Waals surface area contributed by atoms with Crippen LogP contribution in [-0.4, -0.2) is 63.5 Å². The summed E-state index contributed by atoms with van der Waals surface area (Å²) in [6, 6.07) is 8.95. The summed E-state index contributed by atoms with van der Waals surface area (Å²) in [6.45, 7) is 6.24. The average molecular weight is 551 g/mol. The lowest BCUT2D eigenvalue weighted by Crippen LogP contribution is -2.32. The summed E-state index contributed by atoms with van der Waals surface area (Å²) in [5, 5.41) is 10.6. The van der Waals surface area contributed by atoms with Crippen molar-refractivity contribution in [1.29, 1.82) is 0 Å². The quantitative estimate of drug-likeness (QED) is 0.288. The van der Waals surface area contributed by atoms with Crippen molar-refractivity contribution in [1.82, 2.24) is 19.9 Å². The lowest BCUT2D eigenvalue weighted by atomic mass is 10.0. The zero-order valence-electron chi connectivity index (χ0n) is 22.3. The van der Waals surface area contributed by atoms with Crippen LogP contribution < -0.4 is 15.4 Å². The Morgan fingerprint density at radius 1 is 1.28 bits per heavy atom. The molecule has 0 saturated carbocycles. The zero-order chi connectivity index (χ0) is 28.3. The van der Waals surface area contributed by atoms with Crippen LogP contribution in [0.25, 0.3) is 17.0 Å². The van der Waals surface area contributed by atoms with Crippen molar-refractivity contribution in [2.45, 2.75) is 40.0 Å². The Morgan fingerprint density at radius 3 is 2.72 bits per heavy atom. The normalized spacial score (nSPS) is 13.9. The van der Waals surface area contributed by atoms with Crippen molar-refractivity contribution in [2.24, 2.45) is 5.73 Å². The van der Waals surface area contributed by atoms with Gasteiger partial charge in [-0.05, 0) is 50.6 Å². The van der Waals surface area contributed by atoms with E-state index in [0.717, 1.165) is 11.3 Å². The molecule has 11 heteroatoms. The third-order valence-electron chi connectivity index (χ3n) is 6.39. The smallest absolute Gasteiger partial charge is 0.209 e. The summed E-state index contributed by atoms with van der Waals surface area (Å²) in [5.74, 6) is 1.16. The van der Waals surface area contributed by atoms with Gasteiger partial charge in [-0.25, -0.2) is 9.97 Å². The first-order chi connectivity index (χ1) is 18.6. The number of hydrogen-bond donors (Lipinski definition) is 2. The summed E-state index contributed by atoms with van der Waals surface area (Å²) in [7, 11) is 1.57. The molecule has 204 valence electrons. The molecule has 1 aliphatic heterocycles. The summed E-state index contributed by atoms with van der Waals surface area (Å²) < 4.78 is 5.77. The van der Waals surface area contributed by atoms with Crippen molar-refractivity contribution in [3.63, 3.8) is 0 Å². The van der Waals surface area contributed by atoms with Crippen LogP contribution in [0, 0.1) is 6.92 Å². The molecule has 10 nitrogen and oxygen atoms in total. The minimum Gasteiger partial charge on any atom is -0.491 e. The number of fused-ring (bicyclic) bond motifs is 1. The van der Waals surface area contributed by atoms with Gasteiger partial charge in [0, 0.05) is 43.2 Å². The third-order valence-corrected chi connectivity index (χ3v) is 6.72. The molecular formula is C28H31ClN6O4. The van der Waals surface area contributed by atoms with E-state index in [4.69, 9.17) is 32.0 Å². The van der Waals surface area contributed by atoms with Gasteiger partial charge in [-0.1, -0.05) is 17.7 Å². The Bertz CT molecular complexity index is 1410. The predicted molar refractivity (Wildman–Crippen MR) is 149 cm³/mol. The topological polar surface area (TPSA) is 135 Å². The first-order valence-electron chi connectivity index (χ1n) is 12.4. The molecule has 0 bridgehead atoms. The number of ketones is 1. The molecule has 1 aromatic carbocycles. The van der Waals surface area contributed by atoms with Gasteiger partial charge in [-0.15, -0.1) is 0 Å². The number of nitrogens with zero attached hydrogens (tertiary/aromatic N) is 5. The number of amides is 1. The van der Waals surface area contributed by atoms with Gasteiger partial charge in [-0.2, -0.15) is 0 Å². The number of benzene rings is 1. The number of aliphatic hydroxyl groups excluding tert-OH is 1. The Kier molecular flexibility index (Phi) is 8.47. The molecule has 2 aromatic heterocycles. The zero-order valence-corrected chi connectivity index (χ0v) is 23.1. The number of nitrogens with two attached hydrogens (primary N) is 1. The Morgan fingerprint density at radius 2 is 2.05 bits per heavy atom. The van der Waals surface area contributed by atoms with Gasteiger partial charge in [0.05, 0.1) is 28.5 Å². The van der Waals surface area contributed by atoms with Gasteiger partial charge in [0.25, 0.3) is 0 Å². The Hall–Kier alpha value is -4.02. The van der Waals surface area contributed by atoms with Gasteiger partial charge in [0.1, 0.15) is 24.3 Å². The van der Waals surface area contributed by atoms with Crippen LogP contribution in [0.4, 0.5) is 5.82 Å². The molecule has 0 aliphatic carbocycles. The Balaban J connectivity index is 1.77. The lowest BCUT2D eigenvalue weighted by molar-refractivity contribution is -0.118. The predicted octanol–water partition coefficient (Wildman–Crippen LogP) is 3.13. The maximum absolute atomic E-state index is 12.6. The van der Waals surface area contributed by atoms with E-state index in [9.17, 15) is 14.7 Å². The van der Waals surface area contributed by atoms with Crippen molar-refractivity contribution >= 4 is 35.2 Å². The second kappa shape index (κ2) is 11.8. The number of likely N-dealkylation sites (N-methyl/N-ethyl adjacent to an activating group) is 1. The van der Waals surface area contributed by atoms with E-state index in [0.29, 0.717) is 70.0 Å². The lowest BCUT2D eigenvalue weighted by Gasteiger charge is -2.22. The average Bonchev–Trinajstić information content (AvgIpc) is 3.33. The summed E-state index contributed by atoms with van der Waals surface area (Å²) >= 11 is 6.61. The number of allylic oxidation sites excluding steroid dienone is 2. The number of hydrogen-bond acceptors (Lipinski definition) is 9. The highest BCUT2D eigenvalue weighted by Gasteiger charge is 2.27. The van der Waals surface area contributed by atoms with Crippen molar-refractivity contribution in [2.75, 3.05) is 25.1 Å². The molecule has 3 aromatic rings. The van der Waals surface area contributed by atoms with E-state index < -0.39 is 6.10 Å². The van der Waals surface area contributed by atoms with E-state index in [2.05, 4.69) is 9.88 Å². The monoisotopic (exact) mass is 550 g/mol. The van der Waals surface area contributed by atoms with Crippen molar-refractivity contribution in [3.05, 3.63) is 69.8 Å². The molecule has 0 unspecified atom stereocenters. The summed E-state index contributed by atoms with van der Waals surface area (Å²) in [4.78, 5) is 41.0. The van der Waals surface area contributed by atoms with Gasteiger partial charge in [-0.3, -0.25) is 14.6 Å². The molecule has 0 radical (unpaired) electrons. The molecule has 3 N–H and O–H groups in total. The van der Waals surface area contributed by atoms with Gasteiger partial charge < -0.3 is 25.4 Å². The van der Waals surface area contributed by atoms with Crippen LogP contribution in [0.2, 0.25) is 5.02 Å². The maximum Gasteiger partial charge on any atom is 0.209 e. The second-order valence-electron chi connectivity index (χ2n) is 9.58. The molecule has 4 rings (SSSR count). The standard InChI is InChI=1S/C28H31ClN6O4/c1-16-26(25(17(2)30)18(3)37)32-27(33-28(16)35-11-19-6-5-9-31-24(19)13-35)22-10-21(7-8-23(22)29)39-14-20(38)12-34(4)15-36/h5-10,15,20,38H,11-14,30H2,1-4H3/t20-/m1/s1. The molecule has 1 atom stereocenters. The number of Topliss-reactive ketones (excluding diaryl/α,β-unsaturated/α-hetero) is 1. The van der Waals surface area contributed by atoms with Crippen LogP contribution in [0.5, 0.6) is 5.75 Å². The molecule has 1 amide bonds. The van der Waals surface area contributed by atoms with E-state index in [1.54, 1.807) is 38.4 Å². The van der Waals surface area contributed by atoms with E-state index in [1.165, 1.54) is 11.8 Å². The first-order valence-corrected chi connectivity index (χ1v) is 12.8. The molecule has 3 heterocycles. The Labute approximate surface area is 232 Å². The number of ether oxygens (including phenoxy) is 1. The van der Waals surface area contributed by atoms with Crippen LogP contribution >= 0.6 is 11.6 Å². The van der Waals surface area contributed by atoms with E-state index >= 15 is 0 Å². The fourth-order valence-corrected chi connectivity index (χ4v) is 4.75. The number of rotatable bonds is 10. The fourth-order valence-electron chi connectivity index (χ4n) is 4.54. The van der Waals surface area contributed by atoms with Gasteiger partial charge in [0.15, 0.2) is 11.6 Å². The number of pyridine rings is 1. The van der Waals surface area contributed by atoms with Gasteiger partial charge >= 0.3 is 0 Å². The fraction of sp³-hybridized carbons (Fsp3) is 0.321. The van der Waals surface area contributed by atoms with E-state index in [1.807, 2.05) is 19.1 Å². The molecular weight excluding hydrogens is 520 g/mol. The molecule has 0 fully saturated rings. The third kappa shape index (κ3) is 6.18. The minimum absolute atomic E-state index is 0.0346. The molecule has 1 aliphatic rings. The number of carbonyl (C=O) groups is 2. The second-order valence-corrected chi connectivity index (χ2v) is 9.98. The van der Waals surface area contributed by atoms with Gasteiger partial charge in [0.2, 0.25) is 6.41 Å². The minimum atomic E-state index is -0.880. The van der Waals surface area contributed by atoms with E-state index in [-0.39, 0.29) is 18.9 Å². The molecule has 39 heavy (non-hydrogen) atoms. The molecule has 0 saturated heterocycles.